The first-order valence-electron chi connectivity index (χ1n) is 8.65. The highest BCUT2D eigenvalue weighted by Crippen LogP contribution is 2.45. The minimum atomic E-state index is -1.07. The normalized spacial score (nSPS) is 23.3. The second kappa shape index (κ2) is 7.03. The number of non-ortho nitro benzene ring substituents is 1. The smallest absolute Gasteiger partial charge is 0.270 e. The number of carbonyl (C=O) groups excluding carboxylic acids is 1. The monoisotopic (exact) mass is 374 g/mol. The van der Waals surface area contributed by atoms with Gasteiger partial charge in [-0.05, 0) is 26.3 Å². The Balaban J connectivity index is 1.94. The predicted molar refractivity (Wildman–Crippen MR) is 97.1 cm³/mol. The van der Waals surface area contributed by atoms with Crippen molar-refractivity contribution in [2.75, 3.05) is 13.2 Å². The molecule has 8 nitrogen and oxygen atoms in total. The molecule has 1 aromatic carbocycles. The fraction of sp³-hybridized carbons (Fsp3) is 0.421. The van der Waals surface area contributed by atoms with Gasteiger partial charge in [0.2, 0.25) is 0 Å². The zero-order chi connectivity index (χ0) is 19.8. The van der Waals surface area contributed by atoms with E-state index in [2.05, 4.69) is 6.58 Å². The van der Waals surface area contributed by atoms with Crippen LogP contribution >= 0.6 is 0 Å². The first-order valence-corrected chi connectivity index (χ1v) is 8.65. The molecule has 0 aromatic heterocycles. The van der Waals surface area contributed by atoms with Crippen molar-refractivity contribution >= 4 is 11.6 Å². The average Bonchev–Trinajstić information content (AvgIpc) is 2.96. The Morgan fingerprint density at radius 1 is 1.52 bits per heavy atom. The summed E-state index contributed by atoms with van der Waals surface area (Å²) in [6, 6.07) is 3.41. The van der Waals surface area contributed by atoms with E-state index in [1.54, 1.807) is 19.9 Å². The fourth-order valence-electron chi connectivity index (χ4n) is 3.31. The molecule has 3 rings (SSSR count). The molecule has 0 radical (unpaired) electrons. The highest BCUT2D eigenvalue weighted by atomic mass is 16.6. The predicted octanol–water partition coefficient (Wildman–Crippen LogP) is 2.49. The fourth-order valence-corrected chi connectivity index (χ4v) is 3.31. The second-order valence-electron chi connectivity index (χ2n) is 7.08. The van der Waals surface area contributed by atoms with Gasteiger partial charge in [0.05, 0.1) is 24.1 Å². The Morgan fingerprint density at radius 3 is 2.93 bits per heavy atom. The lowest BCUT2D eigenvalue weighted by atomic mass is 9.85. The number of rotatable bonds is 6. The third-order valence-corrected chi connectivity index (χ3v) is 4.75. The van der Waals surface area contributed by atoms with Crippen molar-refractivity contribution in [1.82, 2.24) is 4.90 Å². The maximum absolute atomic E-state index is 12.6. The van der Waals surface area contributed by atoms with Gasteiger partial charge in [-0.25, -0.2) is 0 Å². The number of aliphatic hydroxyl groups is 1. The van der Waals surface area contributed by atoms with Gasteiger partial charge in [-0.3, -0.25) is 14.9 Å². The van der Waals surface area contributed by atoms with Crippen LogP contribution in [0, 0.1) is 10.1 Å². The van der Waals surface area contributed by atoms with Gasteiger partial charge in [0.25, 0.3) is 11.6 Å². The molecule has 2 heterocycles. The second-order valence-corrected chi connectivity index (χ2v) is 7.08. The number of ether oxygens (including phenoxy) is 2. The highest BCUT2D eigenvalue weighted by Gasteiger charge is 2.48. The number of nitro benzene ring substituents is 1. The summed E-state index contributed by atoms with van der Waals surface area (Å²) in [7, 11) is 0. The van der Waals surface area contributed by atoms with E-state index in [1.807, 2.05) is 0 Å². The summed E-state index contributed by atoms with van der Waals surface area (Å²) in [6.45, 7) is 7.63. The van der Waals surface area contributed by atoms with Gasteiger partial charge >= 0.3 is 0 Å². The topological polar surface area (TPSA) is 102 Å². The Kier molecular flexibility index (Phi) is 4.93. The van der Waals surface area contributed by atoms with Crippen LogP contribution in [0.4, 0.5) is 5.69 Å². The lowest BCUT2D eigenvalue weighted by Crippen LogP contribution is -2.54. The molecule has 0 aliphatic carbocycles. The maximum Gasteiger partial charge on any atom is 0.270 e. The van der Waals surface area contributed by atoms with E-state index in [1.165, 1.54) is 29.2 Å². The lowest BCUT2D eigenvalue weighted by Gasteiger charge is -2.45. The van der Waals surface area contributed by atoms with Crippen LogP contribution in [0.2, 0.25) is 0 Å². The molecule has 8 heteroatoms. The van der Waals surface area contributed by atoms with Crippen LogP contribution in [0.5, 0.6) is 5.75 Å². The van der Waals surface area contributed by atoms with Crippen LogP contribution in [0.25, 0.3) is 0 Å². The van der Waals surface area contributed by atoms with Crippen molar-refractivity contribution < 1.29 is 24.3 Å². The molecule has 0 bridgehead atoms. The lowest BCUT2D eigenvalue weighted by molar-refractivity contribution is -0.385. The molecule has 1 amide bonds. The third-order valence-electron chi connectivity index (χ3n) is 4.75. The van der Waals surface area contributed by atoms with Gasteiger partial charge in [0.15, 0.2) is 0 Å². The molecule has 0 fully saturated rings. The molecule has 144 valence electrons. The summed E-state index contributed by atoms with van der Waals surface area (Å²) in [4.78, 5) is 24.7. The van der Waals surface area contributed by atoms with E-state index < -0.39 is 22.7 Å². The minimum Gasteiger partial charge on any atom is -0.496 e. The molecule has 27 heavy (non-hydrogen) atoms. The van der Waals surface area contributed by atoms with Crippen molar-refractivity contribution in [2.45, 2.75) is 38.0 Å². The number of hydrogen-bond donors (Lipinski definition) is 1. The molecule has 2 aliphatic heterocycles. The van der Waals surface area contributed by atoms with Gasteiger partial charge in [0.1, 0.15) is 23.2 Å². The van der Waals surface area contributed by atoms with E-state index in [0.717, 1.165) is 0 Å². The Hall–Kier alpha value is -2.87. The number of benzene rings is 1. The Bertz CT molecular complexity index is 816. The van der Waals surface area contributed by atoms with Crippen LogP contribution in [-0.4, -0.2) is 45.7 Å². The van der Waals surface area contributed by atoms with Crippen LogP contribution in [0.15, 0.2) is 42.7 Å². The standard InChI is InChI=1S/C19H22N2O6/c1-4-5-8-26-13-10-16(22)20(11-13)17-14-9-12(21(24)25)6-7-15(14)27-19(2,3)18(17)23/h4,6-7,9-10,17-18,23H,1,5,8,11H2,2-3H3/t17-,18+/m1/s1. The molecule has 0 saturated heterocycles. The maximum atomic E-state index is 12.6. The first kappa shape index (κ1) is 18.9. The number of fused-ring (bicyclic) bond motifs is 1. The number of carbonyl (C=O) groups is 1. The van der Waals surface area contributed by atoms with Crippen molar-refractivity contribution in [2.24, 2.45) is 0 Å². The van der Waals surface area contributed by atoms with Gasteiger partial charge in [0, 0.05) is 23.8 Å². The van der Waals surface area contributed by atoms with E-state index in [4.69, 9.17) is 9.47 Å². The summed E-state index contributed by atoms with van der Waals surface area (Å²) >= 11 is 0. The number of nitrogens with zero attached hydrogens (tertiary/aromatic N) is 2. The molecule has 2 atom stereocenters. The quantitative estimate of drug-likeness (QED) is 0.355. The number of amides is 1. The van der Waals surface area contributed by atoms with Crippen LogP contribution in [0.3, 0.4) is 0 Å². The van der Waals surface area contributed by atoms with Crippen LogP contribution in [-0.2, 0) is 9.53 Å². The zero-order valence-electron chi connectivity index (χ0n) is 15.3. The van der Waals surface area contributed by atoms with Crippen molar-refractivity contribution in [3.05, 3.63) is 58.4 Å². The minimum absolute atomic E-state index is 0.128. The first-order chi connectivity index (χ1) is 12.7. The van der Waals surface area contributed by atoms with Gasteiger partial charge in [-0.1, -0.05) is 6.08 Å². The van der Waals surface area contributed by atoms with E-state index >= 15 is 0 Å². The van der Waals surface area contributed by atoms with Gasteiger partial charge in [-0.2, -0.15) is 0 Å². The Labute approximate surface area is 156 Å². The summed E-state index contributed by atoms with van der Waals surface area (Å²) in [6.07, 6.45) is 2.68. The van der Waals surface area contributed by atoms with Gasteiger partial charge in [-0.15, -0.1) is 6.58 Å². The number of aliphatic hydroxyl groups excluding tert-OH is 1. The summed E-state index contributed by atoms with van der Waals surface area (Å²) in [5, 5.41) is 22.1. The Morgan fingerprint density at radius 2 is 2.26 bits per heavy atom. The summed E-state index contributed by atoms with van der Waals surface area (Å²) < 4.78 is 11.4. The van der Waals surface area contributed by atoms with E-state index in [0.29, 0.717) is 30.1 Å². The molecular formula is C19H22N2O6. The van der Waals surface area contributed by atoms with Crippen molar-refractivity contribution in [1.29, 1.82) is 0 Å². The molecule has 2 aliphatic rings. The van der Waals surface area contributed by atoms with Crippen LogP contribution in [0.1, 0.15) is 31.9 Å². The molecular weight excluding hydrogens is 352 g/mol. The van der Waals surface area contributed by atoms with Crippen LogP contribution < -0.4 is 4.74 Å². The highest BCUT2D eigenvalue weighted by molar-refractivity contribution is 5.91. The third kappa shape index (κ3) is 3.52. The zero-order valence-corrected chi connectivity index (χ0v) is 15.3. The van der Waals surface area contributed by atoms with Gasteiger partial charge < -0.3 is 19.5 Å². The van der Waals surface area contributed by atoms with E-state index in [-0.39, 0.29) is 18.1 Å². The molecule has 1 N–H and O–H groups in total. The van der Waals surface area contributed by atoms with Crippen molar-refractivity contribution in [3.8, 4) is 5.75 Å². The SMILES string of the molecule is C=CCCOC1=CC(=O)N([C@@H]2c3cc([N+](=O)[O-])ccc3OC(C)(C)[C@H]2O)C1. The average molecular weight is 374 g/mol. The molecule has 1 aromatic rings. The number of hydrogen-bond acceptors (Lipinski definition) is 6. The molecule has 0 spiro atoms. The largest absolute Gasteiger partial charge is 0.496 e. The molecule has 0 unspecified atom stereocenters. The molecule has 0 saturated carbocycles. The summed E-state index contributed by atoms with van der Waals surface area (Å²) in [5.74, 6) is 0.586. The van der Waals surface area contributed by atoms with Crippen molar-refractivity contribution in [3.63, 3.8) is 0 Å². The van der Waals surface area contributed by atoms with E-state index in [9.17, 15) is 20.0 Å². The summed E-state index contributed by atoms with van der Waals surface area (Å²) in [5.41, 5.74) is -0.693. The number of nitro groups is 1.